The maximum atomic E-state index is 12.9. The van der Waals surface area contributed by atoms with E-state index in [1.807, 2.05) is 30.3 Å². The molecule has 6 aromatic rings. The summed E-state index contributed by atoms with van der Waals surface area (Å²) in [4.78, 5) is 31.5. The summed E-state index contributed by atoms with van der Waals surface area (Å²) in [7, 11) is -3.72. The SMILES string of the molecule is O=C(NCS(=O)(=O)c1ccccc1)c1cccc(-c2cc(C(=O)O)c3c(ccc4nn(-c5ccccc5)nc43)n2)c1. The van der Waals surface area contributed by atoms with E-state index in [0.717, 1.165) is 5.69 Å². The Morgan fingerprint density at radius 3 is 2.24 bits per heavy atom. The zero-order chi connectivity index (χ0) is 28.6. The molecule has 6 rings (SSSR count). The van der Waals surface area contributed by atoms with Crippen molar-refractivity contribution in [1.82, 2.24) is 25.3 Å². The number of carbonyl (C=O) groups excluding carboxylic acids is 1. The standard InChI is InChI=1S/C30H21N5O5S/c36-29(31-18-41(39,40)22-12-5-2-6-13-22)20-9-7-8-19(16-20)26-17-23(30(37)38)27-24(32-26)14-15-25-28(27)34-35(33-25)21-10-3-1-4-11-21/h1-17H,18H2,(H,31,36)(H,37,38). The van der Waals surface area contributed by atoms with Gasteiger partial charge in [0.2, 0.25) is 0 Å². The van der Waals surface area contributed by atoms with E-state index in [0.29, 0.717) is 33.2 Å². The number of sulfone groups is 1. The summed E-state index contributed by atoms with van der Waals surface area (Å²) in [6.45, 7) is 0. The normalized spacial score (nSPS) is 11.5. The molecule has 0 aliphatic rings. The van der Waals surface area contributed by atoms with E-state index in [1.54, 1.807) is 48.5 Å². The minimum absolute atomic E-state index is 0.0143. The van der Waals surface area contributed by atoms with Crippen LogP contribution in [-0.4, -0.2) is 51.3 Å². The van der Waals surface area contributed by atoms with Crippen LogP contribution in [0.5, 0.6) is 0 Å². The first kappa shape index (κ1) is 25.8. The van der Waals surface area contributed by atoms with Crippen molar-refractivity contribution in [2.45, 2.75) is 4.90 Å². The Morgan fingerprint density at radius 2 is 1.51 bits per heavy atom. The second-order valence-electron chi connectivity index (χ2n) is 9.17. The van der Waals surface area contributed by atoms with Crippen molar-refractivity contribution in [3.63, 3.8) is 0 Å². The molecule has 0 bridgehead atoms. The van der Waals surface area contributed by atoms with Crippen molar-refractivity contribution in [3.05, 3.63) is 114 Å². The van der Waals surface area contributed by atoms with Gasteiger partial charge in [-0.3, -0.25) is 4.79 Å². The largest absolute Gasteiger partial charge is 0.478 e. The Kier molecular flexibility index (Phi) is 6.48. The first-order chi connectivity index (χ1) is 19.8. The predicted octanol–water partition coefficient (Wildman–Crippen LogP) is 4.50. The number of pyridine rings is 1. The number of carboxylic acid groups (broad SMARTS) is 1. The third-order valence-electron chi connectivity index (χ3n) is 6.49. The monoisotopic (exact) mass is 563 g/mol. The maximum absolute atomic E-state index is 12.9. The minimum atomic E-state index is -3.72. The van der Waals surface area contributed by atoms with Crippen molar-refractivity contribution in [2.75, 3.05) is 5.88 Å². The summed E-state index contributed by atoms with van der Waals surface area (Å²) in [5.74, 6) is -2.33. The molecule has 0 saturated heterocycles. The fraction of sp³-hybridized carbons (Fsp3) is 0.0333. The topological polar surface area (TPSA) is 144 Å². The second-order valence-corrected chi connectivity index (χ2v) is 11.2. The molecule has 0 spiro atoms. The van der Waals surface area contributed by atoms with Crippen molar-refractivity contribution in [1.29, 1.82) is 0 Å². The lowest BCUT2D eigenvalue weighted by atomic mass is 10.0. The van der Waals surface area contributed by atoms with Crippen LogP contribution in [0.15, 0.2) is 108 Å². The molecule has 4 aromatic carbocycles. The van der Waals surface area contributed by atoms with Crippen LogP contribution in [0.3, 0.4) is 0 Å². The molecule has 202 valence electrons. The third-order valence-corrected chi connectivity index (χ3v) is 8.00. The van der Waals surface area contributed by atoms with Crippen LogP contribution >= 0.6 is 0 Å². The molecule has 1 amide bonds. The number of aromatic carboxylic acids is 1. The molecule has 0 saturated carbocycles. The van der Waals surface area contributed by atoms with Gasteiger partial charge < -0.3 is 10.4 Å². The van der Waals surface area contributed by atoms with Gasteiger partial charge in [0.15, 0.2) is 9.84 Å². The van der Waals surface area contributed by atoms with E-state index in [4.69, 9.17) is 0 Å². The van der Waals surface area contributed by atoms with Gasteiger partial charge in [0.25, 0.3) is 5.91 Å². The zero-order valence-corrected chi connectivity index (χ0v) is 22.1. The van der Waals surface area contributed by atoms with Gasteiger partial charge in [0.05, 0.1) is 27.4 Å². The van der Waals surface area contributed by atoms with Gasteiger partial charge in [-0.05, 0) is 54.6 Å². The summed E-state index contributed by atoms with van der Waals surface area (Å²) in [6.07, 6.45) is 0. The van der Waals surface area contributed by atoms with E-state index in [1.165, 1.54) is 29.1 Å². The average molecular weight is 564 g/mol. The number of fused-ring (bicyclic) bond motifs is 3. The zero-order valence-electron chi connectivity index (χ0n) is 21.3. The molecule has 0 aliphatic heterocycles. The highest BCUT2D eigenvalue weighted by Gasteiger charge is 2.20. The van der Waals surface area contributed by atoms with E-state index in [2.05, 4.69) is 20.5 Å². The lowest BCUT2D eigenvalue weighted by molar-refractivity contribution is 0.0698. The lowest BCUT2D eigenvalue weighted by Gasteiger charge is -2.10. The number of benzene rings is 4. The number of para-hydroxylation sites is 1. The van der Waals surface area contributed by atoms with Gasteiger partial charge in [-0.1, -0.05) is 48.5 Å². The van der Waals surface area contributed by atoms with Gasteiger partial charge >= 0.3 is 5.97 Å². The molecule has 0 radical (unpaired) electrons. The average Bonchev–Trinajstić information content (AvgIpc) is 3.45. The molecule has 41 heavy (non-hydrogen) atoms. The number of carboxylic acids is 1. The number of amides is 1. The van der Waals surface area contributed by atoms with Crippen LogP contribution in [0.2, 0.25) is 0 Å². The van der Waals surface area contributed by atoms with Gasteiger partial charge in [-0.2, -0.15) is 4.80 Å². The number of rotatable bonds is 7. The number of hydrogen-bond donors (Lipinski definition) is 2. The third kappa shape index (κ3) is 5.01. The summed E-state index contributed by atoms with van der Waals surface area (Å²) >= 11 is 0. The summed E-state index contributed by atoms with van der Waals surface area (Å²) in [5.41, 5.74) is 3.04. The fourth-order valence-corrected chi connectivity index (χ4v) is 5.55. The van der Waals surface area contributed by atoms with Crippen LogP contribution in [0.1, 0.15) is 20.7 Å². The number of nitrogens with one attached hydrogen (secondary N) is 1. The van der Waals surface area contributed by atoms with Crippen LogP contribution in [-0.2, 0) is 9.84 Å². The molecule has 2 aromatic heterocycles. The van der Waals surface area contributed by atoms with E-state index in [-0.39, 0.29) is 16.0 Å². The molecule has 0 atom stereocenters. The Balaban J connectivity index is 1.35. The van der Waals surface area contributed by atoms with Crippen LogP contribution in [0.25, 0.3) is 38.9 Å². The van der Waals surface area contributed by atoms with E-state index >= 15 is 0 Å². The molecule has 11 heteroatoms. The number of aromatic nitrogens is 4. The summed E-state index contributed by atoms with van der Waals surface area (Å²) in [6, 6.07) is 28.4. The second kappa shape index (κ2) is 10.3. The highest BCUT2D eigenvalue weighted by molar-refractivity contribution is 7.91. The molecule has 0 aliphatic carbocycles. The van der Waals surface area contributed by atoms with Crippen molar-refractivity contribution in [2.24, 2.45) is 0 Å². The Hall–Kier alpha value is -5.42. The minimum Gasteiger partial charge on any atom is -0.478 e. The molecule has 2 heterocycles. The highest BCUT2D eigenvalue weighted by Crippen LogP contribution is 2.30. The van der Waals surface area contributed by atoms with Gasteiger partial charge in [-0.15, -0.1) is 10.2 Å². The van der Waals surface area contributed by atoms with Crippen molar-refractivity contribution >= 4 is 43.7 Å². The lowest BCUT2D eigenvalue weighted by Crippen LogP contribution is -2.29. The van der Waals surface area contributed by atoms with Gasteiger partial charge in [0.1, 0.15) is 16.9 Å². The highest BCUT2D eigenvalue weighted by atomic mass is 32.2. The van der Waals surface area contributed by atoms with Crippen molar-refractivity contribution in [3.8, 4) is 16.9 Å². The first-order valence-corrected chi connectivity index (χ1v) is 14.1. The summed E-state index contributed by atoms with van der Waals surface area (Å²) < 4.78 is 25.1. The Bertz CT molecular complexity index is 2060. The summed E-state index contributed by atoms with van der Waals surface area (Å²) in [5, 5.41) is 22.0. The maximum Gasteiger partial charge on any atom is 0.336 e. The molecular weight excluding hydrogens is 542 g/mol. The van der Waals surface area contributed by atoms with Crippen LogP contribution in [0.4, 0.5) is 0 Å². The number of carbonyl (C=O) groups is 2. The van der Waals surface area contributed by atoms with E-state index in [9.17, 15) is 23.1 Å². The predicted molar refractivity (Wildman–Crippen MR) is 153 cm³/mol. The molecule has 0 unspecified atom stereocenters. The quantitative estimate of drug-likeness (QED) is 0.289. The molecular formula is C30H21N5O5S. The van der Waals surface area contributed by atoms with Crippen LogP contribution in [0, 0.1) is 0 Å². The molecule has 10 nitrogen and oxygen atoms in total. The van der Waals surface area contributed by atoms with Gasteiger partial charge in [-0.25, -0.2) is 18.2 Å². The van der Waals surface area contributed by atoms with Gasteiger partial charge in [0, 0.05) is 16.5 Å². The first-order valence-electron chi connectivity index (χ1n) is 12.5. The van der Waals surface area contributed by atoms with E-state index < -0.39 is 27.6 Å². The fourth-order valence-electron chi connectivity index (χ4n) is 4.49. The molecule has 0 fully saturated rings. The number of nitrogens with zero attached hydrogens (tertiary/aromatic N) is 4. The smallest absolute Gasteiger partial charge is 0.336 e. The van der Waals surface area contributed by atoms with Crippen molar-refractivity contribution < 1.29 is 23.1 Å². The Morgan fingerprint density at radius 1 is 0.805 bits per heavy atom. The van der Waals surface area contributed by atoms with Crippen LogP contribution < -0.4 is 5.32 Å². The number of hydrogen-bond acceptors (Lipinski definition) is 7. The molecule has 2 N–H and O–H groups in total. The Labute approximate surface area is 233 Å².